The summed E-state index contributed by atoms with van der Waals surface area (Å²) in [5.41, 5.74) is 1.16. The van der Waals surface area contributed by atoms with Crippen molar-refractivity contribution in [3.8, 4) is 0 Å². The zero-order valence-corrected chi connectivity index (χ0v) is 10.2. The summed E-state index contributed by atoms with van der Waals surface area (Å²) >= 11 is 0. The van der Waals surface area contributed by atoms with Gasteiger partial charge in [0.15, 0.2) is 0 Å². The Bertz CT molecular complexity index is 505. The monoisotopic (exact) mass is 255 g/mol. The van der Waals surface area contributed by atoms with E-state index in [-0.39, 0.29) is 12.4 Å². The third kappa shape index (κ3) is 4.28. The van der Waals surface area contributed by atoms with Gasteiger partial charge in [0.25, 0.3) is 10.0 Å². The van der Waals surface area contributed by atoms with E-state index in [0.717, 1.165) is 11.0 Å². The average molecular weight is 255 g/mol. The maximum atomic E-state index is 11.2. The SMILES string of the molecule is C=CS(=O)(=O)Nc1ccc(CC(=O)OC)cc1. The zero-order valence-electron chi connectivity index (χ0n) is 9.34. The van der Waals surface area contributed by atoms with Gasteiger partial charge in [0, 0.05) is 11.1 Å². The number of benzene rings is 1. The Labute approximate surface area is 100 Å². The Morgan fingerprint density at radius 1 is 1.41 bits per heavy atom. The first-order chi connectivity index (χ1) is 7.96. The Kier molecular flexibility index (Phi) is 4.28. The van der Waals surface area contributed by atoms with Gasteiger partial charge in [0.1, 0.15) is 0 Å². The summed E-state index contributed by atoms with van der Waals surface area (Å²) in [6, 6.07) is 6.44. The van der Waals surface area contributed by atoms with Crippen LogP contribution in [-0.2, 0) is 26.0 Å². The van der Waals surface area contributed by atoms with Crippen LogP contribution >= 0.6 is 0 Å². The molecular weight excluding hydrogens is 242 g/mol. The highest BCUT2D eigenvalue weighted by Crippen LogP contribution is 2.12. The summed E-state index contributed by atoms with van der Waals surface area (Å²) in [5, 5.41) is 0.829. The largest absolute Gasteiger partial charge is 0.469 e. The molecule has 1 aromatic rings. The molecule has 0 radical (unpaired) electrons. The van der Waals surface area contributed by atoms with E-state index >= 15 is 0 Å². The molecule has 1 N–H and O–H groups in total. The number of nitrogens with one attached hydrogen (secondary N) is 1. The number of carbonyl (C=O) groups is 1. The molecule has 17 heavy (non-hydrogen) atoms. The maximum absolute atomic E-state index is 11.2. The van der Waals surface area contributed by atoms with Crippen LogP contribution in [0.1, 0.15) is 5.56 Å². The molecule has 0 atom stereocenters. The minimum atomic E-state index is -3.49. The Morgan fingerprint density at radius 2 is 2.00 bits per heavy atom. The van der Waals surface area contributed by atoms with Crippen molar-refractivity contribution < 1.29 is 17.9 Å². The molecule has 0 aromatic heterocycles. The van der Waals surface area contributed by atoms with Crippen molar-refractivity contribution >= 4 is 21.7 Å². The topological polar surface area (TPSA) is 72.5 Å². The first-order valence-electron chi connectivity index (χ1n) is 4.78. The summed E-state index contributed by atoms with van der Waals surface area (Å²) in [5.74, 6) is -0.343. The van der Waals surface area contributed by atoms with Gasteiger partial charge in [0.05, 0.1) is 13.5 Å². The molecule has 0 saturated heterocycles. The predicted octanol–water partition coefficient (Wildman–Crippen LogP) is 1.29. The van der Waals surface area contributed by atoms with Crippen molar-refractivity contribution in [1.82, 2.24) is 0 Å². The lowest BCUT2D eigenvalue weighted by molar-refractivity contribution is -0.139. The van der Waals surface area contributed by atoms with Gasteiger partial charge >= 0.3 is 5.97 Å². The molecule has 0 fully saturated rings. The summed E-state index contributed by atoms with van der Waals surface area (Å²) in [7, 11) is -2.18. The molecule has 0 spiro atoms. The van der Waals surface area contributed by atoms with Crippen LogP contribution in [0.15, 0.2) is 36.3 Å². The van der Waals surface area contributed by atoms with E-state index in [1.807, 2.05) is 0 Å². The van der Waals surface area contributed by atoms with Crippen molar-refractivity contribution in [2.45, 2.75) is 6.42 Å². The molecule has 0 aliphatic heterocycles. The van der Waals surface area contributed by atoms with Crippen molar-refractivity contribution in [3.05, 3.63) is 41.8 Å². The van der Waals surface area contributed by atoms with E-state index in [9.17, 15) is 13.2 Å². The van der Waals surface area contributed by atoms with Crippen LogP contribution in [0.2, 0.25) is 0 Å². The summed E-state index contributed by atoms with van der Waals surface area (Å²) in [6.45, 7) is 3.18. The van der Waals surface area contributed by atoms with Crippen LogP contribution in [0.25, 0.3) is 0 Å². The normalized spacial score (nSPS) is 10.6. The molecule has 0 aliphatic rings. The van der Waals surface area contributed by atoms with E-state index in [0.29, 0.717) is 5.69 Å². The molecule has 0 aliphatic carbocycles. The number of carbonyl (C=O) groups excluding carboxylic acids is 1. The van der Waals surface area contributed by atoms with Gasteiger partial charge in [-0.15, -0.1) is 0 Å². The minimum absolute atomic E-state index is 0.158. The average Bonchev–Trinajstić information content (AvgIpc) is 2.31. The Morgan fingerprint density at radius 3 is 2.47 bits per heavy atom. The molecular formula is C11H13NO4S. The van der Waals surface area contributed by atoms with Gasteiger partial charge < -0.3 is 4.74 Å². The lowest BCUT2D eigenvalue weighted by atomic mass is 10.1. The smallest absolute Gasteiger partial charge is 0.309 e. The number of ether oxygens (including phenoxy) is 1. The summed E-state index contributed by atoms with van der Waals surface area (Å²) in [4.78, 5) is 11.0. The van der Waals surface area contributed by atoms with Crippen LogP contribution in [0.5, 0.6) is 0 Å². The first-order valence-corrected chi connectivity index (χ1v) is 6.32. The van der Waals surface area contributed by atoms with Crippen LogP contribution in [0.4, 0.5) is 5.69 Å². The maximum Gasteiger partial charge on any atom is 0.309 e. The number of esters is 1. The van der Waals surface area contributed by atoms with E-state index in [1.54, 1.807) is 24.3 Å². The second-order valence-electron chi connectivity index (χ2n) is 3.26. The van der Waals surface area contributed by atoms with Crippen LogP contribution in [0, 0.1) is 0 Å². The highest BCUT2D eigenvalue weighted by molar-refractivity contribution is 7.95. The number of methoxy groups -OCH3 is 1. The molecule has 0 heterocycles. The van der Waals surface area contributed by atoms with Crippen LogP contribution in [0.3, 0.4) is 0 Å². The number of hydrogen-bond acceptors (Lipinski definition) is 4. The van der Waals surface area contributed by atoms with E-state index < -0.39 is 10.0 Å². The van der Waals surface area contributed by atoms with Crippen LogP contribution in [-0.4, -0.2) is 21.5 Å². The standard InChI is InChI=1S/C11H13NO4S/c1-3-17(14,15)12-10-6-4-9(5-7-10)8-11(13)16-2/h3-7,12H,1,8H2,2H3. The van der Waals surface area contributed by atoms with Gasteiger partial charge in [-0.3, -0.25) is 9.52 Å². The molecule has 0 unspecified atom stereocenters. The summed E-state index contributed by atoms with van der Waals surface area (Å²) in [6.07, 6.45) is 0.158. The third-order valence-corrected chi connectivity index (χ3v) is 2.97. The highest BCUT2D eigenvalue weighted by Gasteiger charge is 2.05. The van der Waals surface area contributed by atoms with Crippen molar-refractivity contribution in [1.29, 1.82) is 0 Å². The minimum Gasteiger partial charge on any atom is -0.469 e. The number of hydrogen-bond donors (Lipinski definition) is 1. The quantitative estimate of drug-likeness (QED) is 0.805. The van der Waals surface area contributed by atoms with Gasteiger partial charge in [-0.05, 0) is 17.7 Å². The second kappa shape index (κ2) is 5.49. The summed E-state index contributed by atoms with van der Waals surface area (Å²) < 4.78 is 29.2. The molecule has 0 bridgehead atoms. The number of sulfonamides is 1. The number of rotatable bonds is 5. The van der Waals surface area contributed by atoms with E-state index in [1.165, 1.54) is 7.11 Å². The molecule has 0 amide bonds. The second-order valence-corrected chi connectivity index (χ2v) is 4.89. The number of anilines is 1. The molecule has 92 valence electrons. The zero-order chi connectivity index (χ0) is 12.9. The fraction of sp³-hybridized carbons (Fsp3) is 0.182. The van der Waals surface area contributed by atoms with Crippen molar-refractivity contribution in [2.75, 3.05) is 11.8 Å². The van der Waals surface area contributed by atoms with E-state index in [2.05, 4.69) is 16.0 Å². The van der Waals surface area contributed by atoms with Crippen LogP contribution < -0.4 is 4.72 Å². The van der Waals surface area contributed by atoms with Crippen molar-refractivity contribution in [2.24, 2.45) is 0 Å². The predicted molar refractivity (Wildman–Crippen MR) is 64.9 cm³/mol. The fourth-order valence-corrected chi connectivity index (χ4v) is 1.68. The lowest BCUT2D eigenvalue weighted by Gasteiger charge is -2.05. The third-order valence-electron chi connectivity index (χ3n) is 2.01. The van der Waals surface area contributed by atoms with Crippen molar-refractivity contribution in [3.63, 3.8) is 0 Å². The van der Waals surface area contributed by atoms with Gasteiger partial charge in [-0.25, -0.2) is 8.42 Å². The lowest BCUT2D eigenvalue weighted by Crippen LogP contribution is -2.08. The highest BCUT2D eigenvalue weighted by atomic mass is 32.2. The van der Waals surface area contributed by atoms with Gasteiger partial charge in [-0.1, -0.05) is 18.7 Å². The first kappa shape index (κ1) is 13.2. The molecule has 1 rings (SSSR count). The molecule has 5 nitrogen and oxygen atoms in total. The van der Waals surface area contributed by atoms with E-state index in [4.69, 9.17) is 0 Å². The Hall–Kier alpha value is -1.82. The van der Waals surface area contributed by atoms with Gasteiger partial charge in [0.2, 0.25) is 0 Å². The molecule has 1 aromatic carbocycles. The Balaban J connectivity index is 2.75. The molecule has 0 saturated carbocycles. The fourth-order valence-electron chi connectivity index (χ4n) is 1.14. The molecule has 6 heteroatoms. The van der Waals surface area contributed by atoms with Gasteiger partial charge in [-0.2, -0.15) is 0 Å².